The Balaban J connectivity index is 2.31. The van der Waals surface area contributed by atoms with Crippen LogP contribution in [0.25, 0.3) is 0 Å². The molecule has 1 heterocycles. The van der Waals surface area contributed by atoms with Gasteiger partial charge in [-0.15, -0.1) is 16.8 Å². The van der Waals surface area contributed by atoms with Crippen molar-refractivity contribution in [3.63, 3.8) is 0 Å². The third-order valence-electron chi connectivity index (χ3n) is 2.17. The quantitative estimate of drug-likeness (QED) is 0.556. The molecule has 1 aromatic heterocycles. The summed E-state index contributed by atoms with van der Waals surface area (Å²) in [6.07, 6.45) is 2.34. The molecule has 0 saturated heterocycles. The third kappa shape index (κ3) is 3.77. The summed E-state index contributed by atoms with van der Waals surface area (Å²) >= 11 is 0. The Morgan fingerprint density at radius 1 is 1.75 bits per heavy atom. The summed E-state index contributed by atoms with van der Waals surface area (Å²) in [6, 6.07) is -0.542. The largest absolute Gasteiger partial charge is 0.347 e. The van der Waals surface area contributed by atoms with Gasteiger partial charge in [-0.25, -0.2) is 0 Å². The zero-order valence-corrected chi connectivity index (χ0v) is 9.18. The number of nitrogens with zero attached hydrogens (tertiary/aromatic N) is 3. The van der Waals surface area contributed by atoms with E-state index in [0.29, 0.717) is 12.2 Å². The van der Waals surface area contributed by atoms with Gasteiger partial charge in [-0.1, -0.05) is 18.2 Å². The number of tetrazole rings is 1. The SMILES string of the molecule is C=CC(C)CC(N)C(=O)NCc1nn[nH]n1. The number of H-pyrrole nitrogens is 1. The summed E-state index contributed by atoms with van der Waals surface area (Å²) in [6.45, 7) is 5.83. The van der Waals surface area contributed by atoms with Crippen molar-refractivity contribution in [3.05, 3.63) is 18.5 Å². The molecule has 4 N–H and O–H groups in total. The third-order valence-corrected chi connectivity index (χ3v) is 2.17. The standard InChI is InChI=1S/C9H16N6O/c1-3-6(2)4-7(10)9(16)11-5-8-12-14-15-13-8/h3,6-7H,1,4-5,10H2,2H3,(H,11,16)(H,12,13,14,15). The van der Waals surface area contributed by atoms with E-state index in [2.05, 4.69) is 32.5 Å². The lowest BCUT2D eigenvalue weighted by Crippen LogP contribution is -2.41. The van der Waals surface area contributed by atoms with Crippen LogP contribution in [0.15, 0.2) is 12.7 Å². The van der Waals surface area contributed by atoms with E-state index in [1.54, 1.807) is 6.08 Å². The second kappa shape index (κ2) is 5.96. The summed E-state index contributed by atoms with van der Waals surface area (Å²) < 4.78 is 0. The Labute approximate surface area is 93.5 Å². The average molecular weight is 224 g/mol. The number of allylic oxidation sites excluding steroid dienone is 1. The van der Waals surface area contributed by atoms with Crippen LogP contribution in [0.4, 0.5) is 0 Å². The molecule has 0 saturated carbocycles. The van der Waals surface area contributed by atoms with E-state index in [9.17, 15) is 4.79 Å². The number of carbonyl (C=O) groups is 1. The van der Waals surface area contributed by atoms with Crippen LogP contribution >= 0.6 is 0 Å². The van der Waals surface area contributed by atoms with Gasteiger partial charge in [0.15, 0.2) is 5.82 Å². The van der Waals surface area contributed by atoms with Gasteiger partial charge in [0.25, 0.3) is 0 Å². The van der Waals surface area contributed by atoms with Crippen molar-refractivity contribution < 1.29 is 4.79 Å². The molecule has 0 bridgehead atoms. The van der Waals surface area contributed by atoms with Crippen LogP contribution in [0.3, 0.4) is 0 Å². The number of carbonyl (C=O) groups excluding carboxylic acids is 1. The number of aromatic nitrogens is 4. The maximum atomic E-state index is 11.5. The molecule has 7 nitrogen and oxygen atoms in total. The summed E-state index contributed by atoms with van der Waals surface area (Å²) in [5.74, 6) is 0.418. The van der Waals surface area contributed by atoms with Gasteiger partial charge in [-0.2, -0.15) is 5.21 Å². The summed E-state index contributed by atoms with van der Waals surface area (Å²) in [5.41, 5.74) is 5.71. The number of aromatic amines is 1. The molecule has 1 aromatic rings. The van der Waals surface area contributed by atoms with E-state index in [-0.39, 0.29) is 18.4 Å². The van der Waals surface area contributed by atoms with E-state index >= 15 is 0 Å². The van der Waals surface area contributed by atoms with Crippen molar-refractivity contribution in [2.75, 3.05) is 0 Å². The van der Waals surface area contributed by atoms with E-state index in [1.807, 2.05) is 6.92 Å². The van der Waals surface area contributed by atoms with Crippen molar-refractivity contribution >= 4 is 5.91 Å². The second-order valence-corrected chi connectivity index (χ2v) is 3.60. The van der Waals surface area contributed by atoms with Crippen molar-refractivity contribution in [1.82, 2.24) is 25.9 Å². The zero-order chi connectivity index (χ0) is 12.0. The van der Waals surface area contributed by atoms with E-state index in [0.717, 1.165) is 0 Å². The maximum Gasteiger partial charge on any atom is 0.237 e. The minimum atomic E-state index is -0.542. The molecule has 0 aromatic carbocycles. The Bertz CT molecular complexity index is 336. The highest BCUT2D eigenvalue weighted by Crippen LogP contribution is 2.05. The van der Waals surface area contributed by atoms with Gasteiger partial charge in [0.05, 0.1) is 12.6 Å². The van der Waals surface area contributed by atoms with Gasteiger partial charge < -0.3 is 11.1 Å². The molecular formula is C9H16N6O. The average Bonchev–Trinajstić information content (AvgIpc) is 2.78. The normalized spacial score (nSPS) is 14.1. The molecule has 0 aliphatic carbocycles. The second-order valence-electron chi connectivity index (χ2n) is 3.60. The van der Waals surface area contributed by atoms with Crippen LogP contribution in [-0.4, -0.2) is 32.6 Å². The van der Waals surface area contributed by atoms with Crippen molar-refractivity contribution in [2.45, 2.75) is 25.9 Å². The number of hydrogen-bond donors (Lipinski definition) is 3. The van der Waals surface area contributed by atoms with Gasteiger partial charge in [0.1, 0.15) is 0 Å². The number of hydrogen-bond acceptors (Lipinski definition) is 5. The number of rotatable bonds is 6. The number of amides is 1. The topological polar surface area (TPSA) is 110 Å². The van der Waals surface area contributed by atoms with Crippen LogP contribution in [0.5, 0.6) is 0 Å². The molecule has 16 heavy (non-hydrogen) atoms. The monoisotopic (exact) mass is 224 g/mol. The Kier molecular flexibility index (Phi) is 4.59. The van der Waals surface area contributed by atoms with E-state index in [1.165, 1.54) is 0 Å². The zero-order valence-electron chi connectivity index (χ0n) is 9.18. The van der Waals surface area contributed by atoms with E-state index < -0.39 is 6.04 Å². The Morgan fingerprint density at radius 3 is 3.06 bits per heavy atom. The fourth-order valence-corrected chi connectivity index (χ4v) is 1.16. The molecule has 7 heteroatoms. The first-order valence-corrected chi connectivity index (χ1v) is 5.01. The van der Waals surface area contributed by atoms with Gasteiger partial charge in [0, 0.05) is 0 Å². The van der Waals surface area contributed by atoms with Crippen LogP contribution in [-0.2, 0) is 11.3 Å². The molecule has 0 fully saturated rings. The highest BCUT2D eigenvalue weighted by Gasteiger charge is 2.15. The molecule has 2 atom stereocenters. The lowest BCUT2D eigenvalue weighted by Gasteiger charge is -2.13. The molecule has 88 valence electrons. The number of nitrogens with one attached hydrogen (secondary N) is 2. The van der Waals surface area contributed by atoms with Gasteiger partial charge >= 0.3 is 0 Å². The first-order valence-electron chi connectivity index (χ1n) is 5.01. The molecule has 0 aliphatic heterocycles. The lowest BCUT2D eigenvalue weighted by molar-refractivity contribution is -0.122. The van der Waals surface area contributed by atoms with Crippen molar-refractivity contribution in [3.8, 4) is 0 Å². The van der Waals surface area contributed by atoms with Crippen LogP contribution in [0.2, 0.25) is 0 Å². The lowest BCUT2D eigenvalue weighted by atomic mass is 10.0. The van der Waals surface area contributed by atoms with Crippen molar-refractivity contribution in [2.24, 2.45) is 11.7 Å². The molecule has 1 amide bonds. The first kappa shape index (κ1) is 12.3. The van der Waals surface area contributed by atoms with Crippen molar-refractivity contribution in [1.29, 1.82) is 0 Å². The number of nitrogens with two attached hydrogens (primary N) is 1. The first-order chi connectivity index (χ1) is 7.63. The van der Waals surface area contributed by atoms with Crippen LogP contribution in [0.1, 0.15) is 19.2 Å². The minimum Gasteiger partial charge on any atom is -0.347 e. The maximum absolute atomic E-state index is 11.5. The Hall–Kier alpha value is -1.76. The molecule has 2 unspecified atom stereocenters. The van der Waals surface area contributed by atoms with Crippen LogP contribution in [0, 0.1) is 5.92 Å². The molecule has 0 aliphatic rings. The molecule has 0 spiro atoms. The van der Waals surface area contributed by atoms with Gasteiger partial charge in [0.2, 0.25) is 5.91 Å². The highest BCUT2D eigenvalue weighted by molar-refractivity contribution is 5.81. The molecular weight excluding hydrogens is 208 g/mol. The van der Waals surface area contributed by atoms with E-state index in [4.69, 9.17) is 5.73 Å². The van der Waals surface area contributed by atoms with Crippen LogP contribution < -0.4 is 11.1 Å². The predicted octanol–water partition coefficient (Wildman–Crippen LogP) is -0.645. The molecule has 1 rings (SSSR count). The summed E-state index contributed by atoms with van der Waals surface area (Å²) in [7, 11) is 0. The predicted molar refractivity (Wildman–Crippen MR) is 58.0 cm³/mol. The fourth-order valence-electron chi connectivity index (χ4n) is 1.16. The highest BCUT2D eigenvalue weighted by atomic mass is 16.2. The Morgan fingerprint density at radius 2 is 2.50 bits per heavy atom. The fraction of sp³-hybridized carbons (Fsp3) is 0.556. The minimum absolute atomic E-state index is 0.214. The van der Waals surface area contributed by atoms with Gasteiger partial charge in [-0.3, -0.25) is 4.79 Å². The summed E-state index contributed by atoms with van der Waals surface area (Å²) in [5, 5.41) is 15.7. The van der Waals surface area contributed by atoms with Gasteiger partial charge in [-0.05, 0) is 12.3 Å². The summed E-state index contributed by atoms with van der Waals surface area (Å²) in [4.78, 5) is 11.5. The molecule has 0 radical (unpaired) electrons. The smallest absolute Gasteiger partial charge is 0.237 e.